The van der Waals surface area contributed by atoms with Gasteiger partial charge < -0.3 is 5.11 Å². The molecule has 122 valence electrons. The maximum absolute atomic E-state index is 10.3. The Morgan fingerprint density at radius 3 is 2.18 bits per heavy atom. The van der Waals surface area contributed by atoms with Crippen LogP contribution in [0.4, 0.5) is 0 Å². The zero-order valence-corrected chi connectivity index (χ0v) is 13.8. The molecule has 0 aromatic rings. The highest BCUT2D eigenvalue weighted by Gasteiger charge is 1.90. The molecule has 0 atom stereocenters. The molecular formula is C20H30O2. The molecule has 22 heavy (non-hydrogen) atoms. The zero-order valence-electron chi connectivity index (χ0n) is 13.8. The fourth-order valence-electron chi connectivity index (χ4n) is 1.79. The van der Waals surface area contributed by atoms with Crippen LogP contribution in [0.15, 0.2) is 54.3 Å². The molecule has 0 unspecified atom stereocenters. The van der Waals surface area contributed by atoms with Crippen molar-refractivity contribution in [1.29, 1.82) is 0 Å². The second kappa shape index (κ2) is 17.3. The van der Waals surface area contributed by atoms with Crippen LogP contribution < -0.4 is 0 Å². The van der Waals surface area contributed by atoms with E-state index in [-0.39, 0.29) is 6.42 Å². The Morgan fingerprint density at radius 2 is 1.50 bits per heavy atom. The molecule has 0 aliphatic rings. The van der Waals surface area contributed by atoms with Crippen LogP contribution in [0.1, 0.15) is 64.7 Å². The average Bonchev–Trinajstić information content (AvgIpc) is 2.50. The minimum absolute atomic E-state index is 0.177. The van der Waals surface area contributed by atoms with Crippen molar-refractivity contribution in [2.75, 3.05) is 0 Å². The second-order valence-corrected chi connectivity index (χ2v) is 5.09. The predicted octanol–water partition coefficient (Wildman–Crippen LogP) is 5.98. The van der Waals surface area contributed by atoms with Crippen molar-refractivity contribution >= 4 is 5.97 Å². The van der Waals surface area contributed by atoms with Crippen molar-refractivity contribution < 1.29 is 9.90 Å². The SMILES string of the molecule is CCC=CCCCCC=CC/C=C\CC=C=CCCC(=O)O. The molecule has 0 aliphatic carbocycles. The van der Waals surface area contributed by atoms with Crippen LogP contribution in [0.5, 0.6) is 0 Å². The maximum atomic E-state index is 10.3. The minimum atomic E-state index is -0.762. The summed E-state index contributed by atoms with van der Waals surface area (Å²) in [5.74, 6) is -0.762. The number of hydrogen-bond acceptors (Lipinski definition) is 1. The van der Waals surface area contributed by atoms with Crippen molar-refractivity contribution in [3.8, 4) is 0 Å². The number of carboxylic acid groups (broad SMARTS) is 1. The normalized spacial score (nSPS) is 11.3. The lowest BCUT2D eigenvalue weighted by atomic mass is 10.1. The molecule has 0 aromatic carbocycles. The van der Waals surface area contributed by atoms with Gasteiger partial charge in [-0.1, -0.05) is 43.4 Å². The van der Waals surface area contributed by atoms with E-state index in [4.69, 9.17) is 5.11 Å². The van der Waals surface area contributed by atoms with Crippen LogP contribution in [0.2, 0.25) is 0 Å². The molecule has 0 aromatic heterocycles. The summed E-state index contributed by atoms with van der Waals surface area (Å²) in [5.41, 5.74) is 2.99. The summed E-state index contributed by atoms with van der Waals surface area (Å²) in [6.07, 6.45) is 25.5. The van der Waals surface area contributed by atoms with Crippen LogP contribution in [-0.2, 0) is 4.79 Å². The number of unbranched alkanes of at least 4 members (excludes halogenated alkanes) is 3. The van der Waals surface area contributed by atoms with Gasteiger partial charge in [0.15, 0.2) is 0 Å². The van der Waals surface area contributed by atoms with Gasteiger partial charge in [-0.3, -0.25) is 4.79 Å². The van der Waals surface area contributed by atoms with E-state index in [9.17, 15) is 4.79 Å². The van der Waals surface area contributed by atoms with Gasteiger partial charge in [0.1, 0.15) is 0 Å². The Hall–Kier alpha value is -1.79. The summed E-state index contributed by atoms with van der Waals surface area (Å²) in [6.45, 7) is 2.16. The van der Waals surface area contributed by atoms with Crippen molar-refractivity contribution in [3.63, 3.8) is 0 Å². The Balaban J connectivity index is 3.46. The molecule has 0 saturated heterocycles. The first-order chi connectivity index (χ1) is 10.8. The molecule has 0 saturated carbocycles. The molecule has 0 heterocycles. The standard InChI is InChI=1S/C20H30O2/c1-2-3-4-5-6-7-8-9-10-11-12-13-14-15-16-17-18-19-20(21)22/h3-4,9-10,12-13,15,17H,2,5-8,11,14,18-19H2,1H3,(H,21,22)/b4-3?,10-9?,13-12-. The lowest BCUT2D eigenvalue weighted by Gasteiger charge is -1.92. The van der Waals surface area contributed by atoms with Crippen LogP contribution in [-0.4, -0.2) is 11.1 Å². The molecule has 0 fully saturated rings. The molecule has 2 nitrogen and oxygen atoms in total. The monoisotopic (exact) mass is 302 g/mol. The van der Waals surface area contributed by atoms with Gasteiger partial charge in [0.25, 0.3) is 0 Å². The van der Waals surface area contributed by atoms with Gasteiger partial charge in [0.05, 0.1) is 0 Å². The summed E-state index contributed by atoms with van der Waals surface area (Å²) in [6, 6.07) is 0. The highest BCUT2D eigenvalue weighted by atomic mass is 16.4. The number of carboxylic acids is 1. The first-order valence-electron chi connectivity index (χ1n) is 8.33. The van der Waals surface area contributed by atoms with Gasteiger partial charge in [-0.05, 0) is 63.5 Å². The number of hydrogen-bond donors (Lipinski definition) is 1. The third-order valence-electron chi connectivity index (χ3n) is 2.99. The average molecular weight is 302 g/mol. The van der Waals surface area contributed by atoms with Crippen LogP contribution in [0.3, 0.4) is 0 Å². The summed E-state index contributed by atoms with van der Waals surface area (Å²) in [5, 5.41) is 8.46. The van der Waals surface area contributed by atoms with E-state index >= 15 is 0 Å². The first-order valence-corrected chi connectivity index (χ1v) is 8.33. The zero-order chi connectivity index (χ0) is 16.3. The van der Waals surface area contributed by atoms with Crippen LogP contribution in [0.25, 0.3) is 0 Å². The Kier molecular flexibility index (Phi) is 15.9. The Morgan fingerprint density at radius 1 is 0.864 bits per heavy atom. The predicted molar refractivity (Wildman–Crippen MR) is 94.9 cm³/mol. The Labute approximate surface area is 135 Å². The largest absolute Gasteiger partial charge is 0.481 e. The molecule has 0 rings (SSSR count). The van der Waals surface area contributed by atoms with Crippen LogP contribution in [0, 0.1) is 0 Å². The molecule has 1 N–H and O–H groups in total. The molecule has 0 amide bonds. The molecule has 0 aliphatic heterocycles. The van der Waals surface area contributed by atoms with E-state index in [1.165, 1.54) is 25.7 Å². The van der Waals surface area contributed by atoms with Crippen molar-refractivity contribution in [3.05, 3.63) is 54.3 Å². The topological polar surface area (TPSA) is 37.3 Å². The van der Waals surface area contributed by atoms with Gasteiger partial charge in [-0.15, -0.1) is 5.73 Å². The van der Waals surface area contributed by atoms with Crippen molar-refractivity contribution in [1.82, 2.24) is 0 Å². The molecule has 0 spiro atoms. The number of carbonyl (C=O) groups is 1. The maximum Gasteiger partial charge on any atom is 0.303 e. The van der Waals surface area contributed by atoms with E-state index in [2.05, 4.69) is 49.1 Å². The smallest absolute Gasteiger partial charge is 0.303 e. The number of aliphatic carboxylic acids is 1. The third-order valence-corrected chi connectivity index (χ3v) is 2.99. The van der Waals surface area contributed by atoms with Crippen LogP contribution >= 0.6 is 0 Å². The van der Waals surface area contributed by atoms with E-state index in [0.29, 0.717) is 6.42 Å². The fourth-order valence-corrected chi connectivity index (χ4v) is 1.79. The van der Waals surface area contributed by atoms with Gasteiger partial charge in [0, 0.05) is 6.42 Å². The number of allylic oxidation sites excluding steroid dienone is 7. The van der Waals surface area contributed by atoms with E-state index < -0.39 is 5.97 Å². The first kappa shape index (κ1) is 20.2. The van der Waals surface area contributed by atoms with E-state index in [0.717, 1.165) is 19.3 Å². The lowest BCUT2D eigenvalue weighted by molar-refractivity contribution is -0.136. The van der Waals surface area contributed by atoms with Gasteiger partial charge in [-0.2, -0.15) is 0 Å². The quantitative estimate of drug-likeness (QED) is 0.258. The second-order valence-electron chi connectivity index (χ2n) is 5.09. The number of rotatable bonds is 13. The fraction of sp³-hybridized carbons (Fsp3) is 0.500. The van der Waals surface area contributed by atoms with Gasteiger partial charge >= 0.3 is 5.97 Å². The van der Waals surface area contributed by atoms with Gasteiger partial charge in [0.2, 0.25) is 0 Å². The van der Waals surface area contributed by atoms with E-state index in [1.54, 1.807) is 6.08 Å². The summed E-state index contributed by atoms with van der Waals surface area (Å²) in [7, 11) is 0. The van der Waals surface area contributed by atoms with E-state index in [1.807, 2.05) is 6.08 Å². The molecule has 0 radical (unpaired) electrons. The van der Waals surface area contributed by atoms with Gasteiger partial charge in [-0.25, -0.2) is 0 Å². The molecular weight excluding hydrogens is 272 g/mol. The minimum Gasteiger partial charge on any atom is -0.481 e. The highest BCUT2D eigenvalue weighted by Crippen LogP contribution is 2.03. The third kappa shape index (κ3) is 18.2. The Bertz CT molecular complexity index is 407. The highest BCUT2D eigenvalue weighted by molar-refractivity contribution is 5.66. The lowest BCUT2D eigenvalue weighted by Crippen LogP contribution is -1.91. The van der Waals surface area contributed by atoms with Crippen molar-refractivity contribution in [2.24, 2.45) is 0 Å². The summed E-state index contributed by atoms with van der Waals surface area (Å²) in [4.78, 5) is 10.3. The molecule has 2 heteroatoms. The summed E-state index contributed by atoms with van der Waals surface area (Å²) >= 11 is 0. The summed E-state index contributed by atoms with van der Waals surface area (Å²) < 4.78 is 0. The molecule has 0 bridgehead atoms. The van der Waals surface area contributed by atoms with Crippen molar-refractivity contribution in [2.45, 2.75) is 64.7 Å².